The van der Waals surface area contributed by atoms with Gasteiger partial charge in [-0.2, -0.15) is 0 Å². The van der Waals surface area contributed by atoms with Gasteiger partial charge in [-0.3, -0.25) is 14.0 Å². The summed E-state index contributed by atoms with van der Waals surface area (Å²) in [5.74, 6) is -0.0442. The lowest BCUT2D eigenvalue weighted by atomic mass is 10.0. The fourth-order valence-corrected chi connectivity index (χ4v) is 3.83. The van der Waals surface area contributed by atoms with Gasteiger partial charge in [0.15, 0.2) is 0 Å². The van der Waals surface area contributed by atoms with Crippen molar-refractivity contribution in [2.75, 3.05) is 33.3 Å². The molecule has 2 amide bonds. The fourth-order valence-electron chi connectivity index (χ4n) is 3.83. The summed E-state index contributed by atoms with van der Waals surface area (Å²) in [5, 5.41) is 0. The molecule has 0 bridgehead atoms. The number of morpholine rings is 1. The first-order chi connectivity index (χ1) is 11.9. The van der Waals surface area contributed by atoms with Gasteiger partial charge in [0, 0.05) is 19.8 Å². The molecule has 7 heteroatoms. The molecule has 1 unspecified atom stereocenters. The summed E-state index contributed by atoms with van der Waals surface area (Å²) in [6.45, 7) is 5.62. The maximum Gasteiger partial charge on any atom is 0.272 e. The van der Waals surface area contributed by atoms with Crippen LogP contribution in [0.5, 0.6) is 0 Å². The van der Waals surface area contributed by atoms with Crippen molar-refractivity contribution in [1.82, 2.24) is 19.2 Å². The van der Waals surface area contributed by atoms with E-state index in [2.05, 4.69) is 4.98 Å². The van der Waals surface area contributed by atoms with Crippen LogP contribution in [0, 0.1) is 13.8 Å². The predicted octanol–water partition coefficient (Wildman–Crippen LogP) is 1.02. The summed E-state index contributed by atoms with van der Waals surface area (Å²) < 4.78 is 7.69. The molecular formula is C18H22N4O3. The number of carbonyl (C=O) groups excluding carboxylic acids is 2. The second-order valence-corrected chi connectivity index (χ2v) is 7.18. The maximum absolute atomic E-state index is 13.1. The van der Waals surface area contributed by atoms with Gasteiger partial charge in [-0.05, 0) is 38.0 Å². The minimum atomic E-state index is -0.441. The van der Waals surface area contributed by atoms with Gasteiger partial charge in [0.1, 0.15) is 23.5 Å². The van der Waals surface area contributed by atoms with E-state index in [-0.39, 0.29) is 18.4 Å². The molecule has 4 rings (SSSR count). The maximum atomic E-state index is 13.1. The molecule has 2 aliphatic heterocycles. The molecule has 4 heterocycles. The number of carbonyl (C=O) groups is 2. The van der Waals surface area contributed by atoms with E-state index in [0.29, 0.717) is 25.3 Å². The topological polar surface area (TPSA) is 67.2 Å². The van der Waals surface area contributed by atoms with Crippen LogP contribution in [0.1, 0.15) is 28.2 Å². The monoisotopic (exact) mass is 342 g/mol. The summed E-state index contributed by atoms with van der Waals surface area (Å²) in [7, 11) is 1.79. The standard InChI is InChI=1S/C18H22N4O3/c1-12-4-6-22-14(8-12)19-13(2)16(22)17(24)21-7-5-18(11-21)10-20(3)15(23)9-25-18/h4,6,8H,5,7,9-11H2,1-3H3. The van der Waals surface area contributed by atoms with Gasteiger partial charge in [0.05, 0.1) is 18.8 Å². The first-order valence-electron chi connectivity index (χ1n) is 8.51. The van der Waals surface area contributed by atoms with Crippen molar-refractivity contribution in [2.24, 2.45) is 0 Å². The van der Waals surface area contributed by atoms with Crippen molar-refractivity contribution in [1.29, 1.82) is 0 Å². The first-order valence-corrected chi connectivity index (χ1v) is 8.51. The molecule has 1 atom stereocenters. The Labute approximate surface area is 146 Å². The summed E-state index contributed by atoms with van der Waals surface area (Å²) in [6.07, 6.45) is 2.64. The summed E-state index contributed by atoms with van der Waals surface area (Å²) in [6, 6.07) is 3.95. The van der Waals surface area contributed by atoms with Crippen molar-refractivity contribution in [3.63, 3.8) is 0 Å². The van der Waals surface area contributed by atoms with Crippen molar-refractivity contribution in [3.8, 4) is 0 Å². The molecule has 2 saturated heterocycles. The normalized spacial score (nSPS) is 23.9. The second-order valence-electron chi connectivity index (χ2n) is 7.18. The highest BCUT2D eigenvalue weighted by Gasteiger charge is 2.46. The van der Waals surface area contributed by atoms with Crippen LogP contribution in [0.2, 0.25) is 0 Å². The zero-order valence-electron chi connectivity index (χ0n) is 14.8. The van der Waals surface area contributed by atoms with E-state index < -0.39 is 5.60 Å². The van der Waals surface area contributed by atoms with Crippen molar-refractivity contribution in [2.45, 2.75) is 25.9 Å². The van der Waals surface area contributed by atoms with Gasteiger partial charge in [-0.15, -0.1) is 0 Å². The van der Waals surface area contributed by atoms with Crippen molar-refractivity contribution in [3.05, 3.63) is 35.3 Å². The number of hydrogen-bond acceptors (Lipinski definition) is 4. The van der Waals surface area contributed by atoms with E-state index in [0.717, 1.165) is 23.3 Å². The number of aromatic nitrogens is 2. The van der Waals surface area contributed by atoms with Crippen LogP contribution in [0.4, 0.5) is 0 Å². The third kappa shape index (κ3) is 2.59. The molecule has 0 aliphatic carbocycles. The van der Waals surface area contributed by atoms with Gasteiger partial charge in [-0.1, -0.05) is 0 Å². The van der Waals surface area contributed by atoms with E-state index in [4.69, 9.17) is 4.74 Å². The van der Waals surface area contributed by atoms with Crippen LogP contribution in [0.3, 0.4) is 0 Å². The number of rotatable bonds is 1. The number of imidazole rings is 1. The van der Waals surface area contributed by atoms with Crippen molar-refractivity contribution >= 4 is 17.5 Å². The van der Waals surface area contributed by atoms with Gasteiger partial charge in [-0.25, -0.2) is 4.98 Å². The molecule has 132 valence electrons. The van der Waals surface area contributed by atoms with Gasteiger partial charge in [0.25, 0.3) is 5.91 Å². The summed E-state index contributed by atoms with van der Waals surface area (Å²) in [4.78, 5) is 32.8. The average molecular weight is 342 g/mol. The highest BCUT2D eigenvalue weighted by molar-refractivity contribution is 5.95. The molecule has 0 aromatic carbocycles. The zero-order chi connectivity index (χ0) is 17.8. The Kier molecular flexibility index (Phi) is 3.57. The molecule has 0 radical (unpaired) electrons. The summed E-state index contributed by atoms with van der Waals surface area (Å²) in [5.41, 5.74) is 2.79. The molecule has 2 aliphatic rings. The number of fused-ring (bicyclic) bond motifs is 1. The fraction of sp³-hybridized carbons (Fsp3) is 0.500. The number of aryl methyl sites for hydroxylation is 2. The number of nitrogens with zero attached hydrogens (tertiary/aromatic N) is 4. The van der Waals surface area contributed by atoms with Crippen LogP contribution in [-0.4, -0.2) is 69.9 Å². The lowest BCUT2D eigenvalue weighted by Gasteiger charge is -2.38. The Hall–Kier alpha value is -2.41. The number of likely N-dealkylation sites (N-methyl/N-ethyl adjacent to an activating group) is 1. The molecule has 7 nitrogen and oxygen atoms in total. The second kappa shape index (κ2) is 5.56. The van der Waals surface area contributed by atoms with E-state index >= 15 is 0 Å². The van der Waals surface area contributed by atoms with Crippen LogP contribution >= 0.6 is 0 Å². The van der Waals surface area contributed by atoms with Gasteiger partial charge >= 0.3 is 0 Å². The number of hydrogen-bond donors (Lipinski definition) is 0. The van der Waals surface area contributed by atoms with E-state index in [9.17, 15) is 9.59 Å². The quantitative estimate of drug-likeness (QED) is 0.776. The zero-order valence-corrected chi connectivity index (χ0v) is 14.8. The van der Waals surface area contributed by atoms with Crippen LogP contribution in [-0.2, 0) is 9.53 Å². The SMILES string of the molecule is Cc1ccn2c(C(=O)N3CCC4(CN(C)C(=O)CO4)C3)c(C)nc2c1. The van der Waals surface area contributed by atoms with Crippen LogP contribution in [0.15, 0.2) is 18.3 Å². The minimum Gasteiger partial charge on any atom is -0.361 e. The Morgan fingerprint density at radius 3 is 2.88 bits per heavy atom. The molecule has 2 aromatic rings. The number of likely N-dealkylation sites (tertiary alicyclic amines) is 1. The Bertz CT molecular complexity index is 875. The molecule has 25 heavy (non-hydrogen) atoms. The molecule has 2 aromatic heterocycles. The molecule has 0 N–H and O–H groups in total. The van der Waals surface area contributed by atoms with Crippen LogP contribution < -0.4 is 0 Å². The van der Waals surface area contributed by atoms with Crippen LogP contribution in [0.25, 0.3) is 5.65 Å². The third-order valence-electron chi connectivity index (χ3n) is 5.22. The predicted molar refractivity (Wildman–Crippen MR) is 91.5 cm³/mol. The lowest BCUT2D eigenvalue weighted by Crippen LogP contribution is -2.54. The molecule has 0 saturated carbocycles. The minimum absolute atomic E-state index is 0.0107. The first kappa shape index (κ1) is 16.1. The molecular weight excluding hydrogens is 320 g/mol. The largest absolute Gasteiger partial charge is 0.361 e. The van der Waals surface area contributed by atoms with Gasteiger partial charge in [0.2, 0.25) is 5.91 Å². The highest BCUT2D eigenvalue weighted by Crippen LogP contribution is 2.30. The average Bonchev–Trinajstić information content (AvgIpc) is 3.11. The number of ether oxygens (including phenoxy) is 1. The third-order valence-corrected chi connectivity index (χ3v) is 5.22. The Balaban J connectivity index is 1.61. The summed E-state index contributed by atoms with van der Waals surface area (Å²) >= 11 is 0. The van der Waals surface area contributed by atoms with E-state index in [1.165, 1.54) is 0 Å². The Morgan fingerprint density at radius 2 is 2.12 bits per heavy atom. The molecule has 1 spiro atoms. The van der Waals surface area contributed by atoms with E-state index in [1.807, 2.05) is 41.5 Å². The van der Waals surface area contributed by atoms with E-state index in [1.54, 1.807) is 11.9 Å². The Morgan fingerprint density at radius 1 is 1.32 bits per heavy atom. The molecule has 2 fully saturated rings. The number of amides is 2. The van der Waals surface area contributed by atoms with Gasteiger partial charge < -0.3 is 14.5 Å². The lowest BCUT2D eigenvalue weighted by molar-refractivity contribution is -0.158. The smallest absolute Gasteiger partial charge is 0.272 e. The van der Waals surface area contributed by atoms with Crippen molar-refractivity contribution < 1.29 is 14.3 Å². The number of pyridine rings is 1. The highest BCUT2D eigenvalue weighted by atomic mass is 16.5.